The minimum absolute atomic E-state index is 0.561. The number of hydrogen-bond donors (Lipinski definition) is 1. The average Bonchev–Trinajstić information content (AvgIpc) is 2.62. The smallest absolute Gasteiger partial charge is 0.120 e. The van der Waals surface area contributed by atoms with Crippen LogP contribution in [0.4, 0.5) is 5.69 Å². The molecular formula is C21H31N2O+. The third-order valence-electron chi connectivity index (χ3n) is 6.93. The fourth-order valence-corrected chi connectivity index (χ4v) is 5.03. The molecule has 1 saturated heterocycles. The Morgan fingerprint density at radius 3 is 2.71 bits per heavy atom. The lowest BCUT2D eigenvalue weighted by atomic mass is 9.49. The zero-order valence-corrected chi connectivity index (χ0v) is 15.3. The van der Waals surface area contributed by atoms with Crippen molar-refractivity contribution in [2.75, 3.05) is 44.7 Å². The first-order valence-corrected chi connectivity index (χ1v) is 9.49. The van der Waals surface area contributed by atoms with Crippen molar-refractivity contribution < 1.29 is 9.64 Å². The van der Waals surface area contributed by atoms with E-state index in [0.29, 0.717) is 5.41 Å². The van der Waals surface area contributed by atoms with Crippen molar-refractivity contribution in [3.8, 4) is 5.75 Å². The molecule has 2 fully saturated rings. The van der Waals surface area contributed by atoms with E-state index in [1.54, 1.807) is 17.6 Å². The van der Waals surface area contributed by atoms with E-state index in [0.717, 1.165) is 30.7 Å². The number of hydrogen-bond acceptors (Lipinski definition) is 2. The summed E-state index contributed by atoms with van der Waals surface area (Å²) >= 11 is 0. The van der Waals surface area contributed by atoms with Crippen LogP contribution in [0.15, 0.2) is 35.9 Å². The van der Waals surface area contributed by atoms with E-state index in [-0.39, 0.29) is 0 Å². The Balaban J connectivity index is 1.34. The Bertz CT molecular complexity index is 628. The highest BCUT2D eigenvalue weighted by Gasteiger charge is 2.51. The van der Waals surface area contributed by atoms with Crippen LogP contribution < -0.4 is 14.5 Å². The Kier molecular flexibility index (Phi) is 4.07. The van der Waals surface area contributed by atoms with Crippen LogP contribution in [0.3, 0.4) is 0 Å². The molecule has 1 aromatic rings. The third-order valence-corrected chi connectivity index (χ3v) is 6.93. The maximum atomic E-state index is 5.36. The molecule has 1 aromatic carbocycles. The van der Waals surface area contributed by atoms with Crippen molar-refractivity contribution in [3.63, 3.8) is 0 Å². The Hall–Kier alpha value is -1.48. The zero-order valence-electron chi connectivity index (χ0n) is 15.3. The van der Waals surface area contributed by atoms with E-state index in [9.17, 15) is 0 Å². The molecule has 0 unspecified atom stereocenters. The minimum atomic E-state index is 0.561. The lowest BCUT2D eigenvalue weighted by Crippen LogP contribution is -3.15. The second kappa shape index (κ2) is 6.11. The summed E-state index contributed by atoms with van der Waals surface area (Å²) in [4.78, 5) is 4.27. The minimum Gasteiger partial charge on any atom is -0.497 e. The Morgan fingerprint density at radius 2 is 2.04 bits per heavy atom. The summed E-state index contributed by atoms with van der Waals surface area (Å²) in [6.07, 6.45) is 5.34. The number of fused-ring (bicyclic) bond motifs is 1. The number of anilines is 1. The zero-order chi connectivity index (χ0) is 16.7. The first-order valence-electron chi connectivity index (χ1n) is 9.49. The number of benzene rings is 1. The molecule has 1 saturated carbocycles. The lowest BCUT2D eigenvalue weighted by Gasteiger charge is -2.56. The number of nitrogens with zero attached hydrogens (tertiary/aromatic N) is 1. The molecule has 0 radical (unpaired) electrons. The van der Waals surface area contributed by atoms with Gasteiger partial charge in [0.2, 0.25) is 0 Å². The van der Waals surface area contributed by atoms with Crippen LogP contribution in [0.25, 0.3) is 0 Å². The molecule has 0 amide bonds. The summed E-state index contributed by atoms with van der Waals surface area (Å²) in [7, 11) is 1.74. The van der Waals surface area contributed by atoms with Gasteiger partial charge in [-0.05, 0) is 47.8 Å². The van der Waals surface area contributed by atoms with Crippen molar-refractivity contribution in [1.82, 2.24) is 0 Å². The van der Waals surface area contributed by atoms with Crippen molar-refractivity contribution >= 4 is 5.69 Å². The second-order valence-corrected chi connectivity index (χ2v) is 8.44. The number of rotatable bonds is 4. The predicted molar refractivity (Wildman–Crippen MR) is 98.8 cm³/mol. The largest absolute Gasteiger partial charge is 0.497 e. The number of methoxy groups -OCH3 is 1. The van der Waals surface area contributed by atoms with E-state index >= 15 is 0 Å². The van der Waals surface area contributed by atoms with Crippen LogP contribution in [0.5, 0.6) is 5.75 Å². The number of allylic oxidation sites excluding steroid dienone is 1. The standard InChI is InChI=1S/C21H30N2O/c1-21(2)17-8-7-16(20(21)13-17)15-22-9-11-23(12-10-22)18-5-4-6-19(14-18)24-3/h4-7,14,17,20H,8-13,15H2,1-3H3/p+1/t17-,20-/m0/s1. The maximum absolute atomic E-state index is 5.36. The molecule has 5 rings (SSSR count). The summed E-state index contributed by atoms with van der Waals surface area (Å²) < 4.78 is 5.36. The van der Waals surface area contributed by atoms with Gasteiger partial charge in [0.05, 0.1) is 39.8 Å². The fraction of sp³-hybridized carbons (Fsp3) is 0.619. The quantitative estimate of drug-likeness (QED) is 0.855. The molecule has 24 heavy (non-hydrogen) atoms. The fourth-order valence-electron chi connectivity index (χ4n) is 5.03. The van der Waals surface area contributed by atoms with Crippen LogP contribution >= 0.6 is 0 Å². The molecule has 1 N–H and O–H groups in total. The number of nitrogens with one attached hydrogen (secondary N) is 1. The summed E-state index contributed by atoms with van der Waals surface area (Å²) in [6.45, 7) is 11.0. The van der Waals surface area contributed by atoms with Crippen molar-refractivity contribution in [3.05, 3.63) is 35.9 Å². The van der Waals surface area contributed by atoms with Crippen LogP contribution in [-0.4, -0.2) is 39.8 Å². The van der Waals surface area contributed by atoms with E-state index in [1.807, 2.05) is 6.07 Å². The predicted octanol–water partition coefficient (Wildman–Crippen LogP) is 2.39. The first kappa shape index (κ1) is 16.0. The highest BCUT2D eigenvalue weighted by molar-refractivity contribution is 5.50. The van der Waals surface area contributed by atoms with Gasteiger partial charge in [0.1, 0.15) is 5.75 Å². The van der Waals surface area contributed by atoms with Gasteiger partial charge in [-0.3, -0.25) is 0 Å². The van der Waals surface area contributed by atoms with E-state index < -0.39 is 0 Å². The normalized spacial score (nSPS) is 29.0. The van der Waals surface area contributed by atoms with E-state index in [1.165, 1.54) is 38.2 Å². The van der Waals surface area contributed by atoms with Crippen molar-refractivity contribution in [2.24, 2.45) is 17.3 Å². The Morgan fingerprint density at radius 1 is 1.25 bits per heavy atom. The number of ether oxygens (including phenoxy) is 1. The van der Waals surface area contributed by atoms with Gasteiger partial charge in [-0.1, -0.05) is 26.0 Å². The van der Waals surface area contributed by atoms with Crippen LogP contribution in [0, 0.1) is 17.3 Å². The monoisotopic (exact) mass is 327 g/mol. The molecule has 130 valence electrons. The highest BCUT2D eigenvalue weighted by atomic mass is 16.5. The van der Waals surface area contributed by atoms with Crippen molar-refractivity contribution in [2.45, 2.75) is 26.7 Å². The summed E-state index contributed by atoms with van der Waals surface area (Å²) in [5, 5.41) is 0. The molecule has 1 heterocycles. The number of piperazine rings is 1. The lowest BCUT2D eigenvalue weighted by molar-refractivity contribution is -0.896. The van der Waals surface area contributed by atoms with Crippen LogP contribution in [-0.2, 0) is 0 Å². The molecule has 4 aliphatic rings. The van der Waals surface area contributed by atoms with Gasteiger partial charge in [0.15, 0.2) is 0 Å². The summed E-state index contributed by atoms with van der Waals surface area (Å²) in [5.41, 5.74) is 3.62. The third kappa shape index (κ3) is 2.73. The van der Waals surface area contributed by atoms with Gasteiger partial charge in [-0.2, -0.15) is 0 Å². The number of quaternary nitrogens is 1. The van der Waals surface area contributed by atoms with Crippen LogP contribution in [0.2, 0.25) is 0 Å². The van der Waals surface area contributed by atoms with Gasteiger partial charge >= 0.3 is 0 Å². The van der Waals surface area contributed by atoms with E-state index in [2.05, 4.69) is 43.0 Å². The van der Waals surface area contributed by atoms with Gasteiger partial charge < -0.3 is 14.5 Å². The highest BCUT2D eigenvalue weighted by Crippen LogP contribution is 2.58. The average molecular weight is 327 g/mol. The van der Waals surface area contributed by atoms with Gasteiger partial charge in [0.25, 0.3) is 0 Å². The molecule has 0 spiro atoms. The second-order valence-electron chi connectivity index (χ2n) is 8.44. The summed E-state index contributed by atoms with van der Waals surface area (Å²) in [5.74, 6) is 2.77. The molecule has 3 nitrogen and oxygen atoms in total. The van der Waals surface area contributed by atoms with Gasteiger partial charge in [-0.25, -0.2) is 0 Å². The van der Waals surface area contributed by atoms with Gasteiger partial charge in [0, 0.05) is 11.8 Å². The summed E-state index contributed by atoms with van der Waals surface area (Å²) in [6, 6.07) is 8.48. The molecule has 3 heteroatoms. The molecule has 2 atom stereocenters. The molecule has 3 aliphatic carbocycles. The van der Waals surface area contributed by atoms with Gasteiger partial charge in [-0.15, -0.1) is 0 Å². The van der Waals surface area contributed by atoms with E-state index in [4.69, 9.17) is 4.74 Å². The molecule has 0 aromatic heterocycles. The molecule has 2 bridgehead atoms. The maximum Gasteiger partial charge on any atom is 0.120 e. The van der Waals surface area contributed by atoms with Crippen molar-refractivity contribution in [1.29, 1.82) is 0 Å². The topological polar surface area (TPSA) is 16.9 Å². The SMILES string of the molecule is COc1cccc(N2CC[NH+](CC3=CC[C@H]4C[C@@H]3C4(C)C)CC2)c1. The molecule has 1 aliphatic heterocycles. The Labute approximate surface area is 146 Å². The molecular weight excluding hydrogens is 296 g/mol. The van der Waals surface area contributed by atoms with Crippen LogP contribution in [0.1, 0.15) is 26.7 Å². The first-order chi connectivity index (χ1) is 11.6.